The summed E-state index contributed by atoms with van der Waals surface area (Å²) in [6.07, 6.45) is 1.87. The zero-order chi connectivity index (χ0) is 22.3. The van der Waals surface area contributed by atoms with Crippen molar-refractivity contribution in [2.24, 2.45) is 0 Å². The Morgan fingerprint density at radius 3 is 2.10 bits per heavy atom. The third-order valence-corrected chi connectivity index (χ3v) is 6.53. The number of hydrogen-bond donors (Lipinski definition) is 0. The van der Waals surface area contributed by atoms with Gasteiger partial charge in [0.2, 0.25) is 0 Å². The molecule has 2 aliphatic rings. The summed E-state index contributed by atoms with van der Waals surface area (Å²) in [4.78, 5) is 32.7. The first-order valence-electron chi connectivity index (χ1n) is 10.3. The largest absolute Gasteiger partial charge is 0.366 e. The van der Waals surface area contributed by atoms with Crippen LogP contribution in [-0.2, 0) is 9.59 Å². The summed E-state index contributed by atoms with van der Waals surface area (Å²) >= 11 is 12.3. The number of likely N-dealkylation sites (N-methyl/N-ethyl adjacent to an activating group) is 1. The number of rotatable bonds is 4. The number of imide groups is 1. The highest BCUT2D eigenvalue weighted by Crippen LogP contribution is 2.37. The molecule has 4 rings (SSSR count). The van der Waals surface area contributed by atoms with Crippen LogP contribution >= 0.6 is 23.2 Å². The van der Waals surface area contributed by atoms with Gasteiger partial charge >= 0.3 is 0 Å². The first-order valence-corrected chi connectivity index (χ1v) is 11.1. The van der Waals surface area contributed by atoms with Crippen molar-refractivity contribution in [1.29, 1.82) is 0 Å². The summed E-state index contributed by atoms with van der Waals surface area (Å²) in [5.74, 6) is -0.706. The second-order valence-electron chi connectivity index (χ2n) is 8.31. The van der Waals surface area contributed by atoms with Crippen LogP contribution in [0.1, 0.15) is 24.0 Å². The number of hydrogen-bond acceptors (Lipinski definition) is 4. The molecule has 0 spiro atoms. The summed E-state index contributed by atoms with van der Waals surface area (Å²) < 4.78 is 0. The molecule has 0 atom stereocenters. The molecule has 2 aliphatic heterocycles. The molecule has 31 heavy (non-hydrogen) atoms. The predicted molar refractivity (Wildman–Crippen MR) is 125 cm³/mol. The van der Waals surface area contributed by atoms with Crippen LogP contribution in [0.3, 0.4) is 0 Å². The van der Waals surface area contributed by atoms with Gasteiger partial charge in [0.05, 0.1) is 11.3 Å². The van der Waals surface area contributed by atoms with Crippen LogP contribution in [-0.4, -0.2) is 54.8 Å². The second kappa shape index (κ2) is 8.65. The van der Waals surface area contributed by atoms with Gasteiger partial charge in [-0.2, -0.15) is 0 Å². The number of carbonyl (C=O) groups excluding carboxylic acids is 2. The lowest BCUT2D eigenvalue weighted by atomic mass is 9.99. The number of likely N-dealkylation sites (tertiary alicyclic amines) is 1. The lowest BCUT2D eigenvalue weighted by Crippen LogP contribution is -2.43. The Kier molecular flexibility index (Phi) is 6.11. The summed E-state index contributed by atoms with van der Waals surface area (Å²) in [6, 6.07) is 12.6. The number of anilines is 1. The fourth-order valence-electron chi connectivity index (χ4n) is 4.29. The van der Waals surface area contributed by atoms with Crippen molar-refractivity contribution in [1.82, 2.24) is 9.80 Å². The van der Waals surface area contributed by atoms with Crippen molar-refractivity contribution in [2.75, 3.05) is 32.1 Å². The number of amides is 2. The number of aryl methyl sites for hydroxylation is 1. The molecular formula is C24H25Cl2N3O2. The first kappa shape index (κ1) is 21.9. The zero-order valence-electron chi connectivity index (χ0n) is 17.9. The van der Waals surface area contributed by atoms with Crippen LogP contribution in [0.5, 0.6) is 0 Å². The lowest BCUT2D eigenvalue weighted by Gasteiger charge is -2.36. The van der Waals surface area contributed by atoms with Crippen LogP contribution in [0.4, 0.5) is 5.69 Å². The van der Waals surface area contributed by atoms with Crippen molar-refractivity contribution in [3.63, 3.8) is 0 Å². The number of halogens is 2. The average Bonchev–Trinajstić information content (AvgIpc) is 2.98. The highest BCUT2D eigenvalue weighted by Gasteiger charge is 2.43. The minimum absolute atomic E-state index is 0.186. The highest BCUT2D eigenvalue weighted by atomic mass is 35.5. The van der Waals surface area contributed by atoms with Gasteiger partial charge in [-0.25, -0.2) is 4.90 Å². The monoisotopic (exact) mass is 457 g/mol. The minimum Gasteiger partial charge on any atom is -0.366 e. The van der Waals surface area contributed by atoms with E-state index in [1.165, 1.54) is 4.90 Å². The van der Waals surface area contributed by atoms with E-state index < -0.39 is 0 Å². The predicted octanol–water partition coefficient (Wildman–Crippen LogP) is 4.61. The van der Waals surface area contributed by atoms with E-state index in [9.17, 15) is 9.59 Å². The quantitative estimate of drug-likeness (QED) is 0.628. The molecule has 2 aromatic rings. The van der Waals surface area contributed by atoms with Gasteiger partial charge in [-0.15, -0.1) is 0 Å². The normalized spacial score (nSPS) is 18.3. The Morgan fingerprint density at radius 2 is 1.52 bits per heavy atom. The second-order valence-corrected chi connectivity index (χ2v) is 9.18. The van der Waals surface area contributed by atoms with E-state index in [1.807, 2.05) is 43.1 Å². The van der Waals surface area contributed by atoms with Crippen molar-refractivity contribution in [3.8, 4) is 0 Å². The molecule has 5 nitrogen and oxygen atoms in total. The molecule has 0 N–H and O–H groups in total. The third-order valence-electron chi connectivity index (χ3n) is 6.09. The van der Waals surface area contributed by atoms with Crippen LogP contribution < -0.4 is 4.90 Å². The van der Waals surface area contributed by atoms with Crippen LogP contribution in [0.2, 0.25) is 10.0 Å². The van der Waals surface area contributed by atoms with Gasteiger partial charge in [0.25, 0.3) is 11.8 Å². The van der Waals surface area contributed by atoms with Crippen molar-refractivity contribution < 1.29 is 9.59 Å². The van der Waals surface area contributed by atoms with E-state index in [4.69, 9.17) is 23.2 Å². The van der Waals surface area contributed by atoms with Gasteiger partial charge in [-0.05, 0) is 63.7 Å². The molecule has 0 saturated carbocycles. The summed E-state index contributed by atoms with van der Waals surface area (Å²) in [5.41, 5.74) is 3.05. The van der Waals surface area contributed by atoms with E-state index >= 15 is 0 Å². The van der Waals surface area contributed by atoms with Crippen LogP contribution in [0, 0.1) is 6.92 Å². The first-order chi connectivity index (χ1) is 14.8. The molecule has 162 valence electrons. The molecule has 0 bridgehead atoms. The van der Waals surface area contributed by atoms with Crippen molar-refractivity contribution in [3.05, 3.63) is 69.3 Å². The molecule has 0 unspecified atom stereocenters. The van der Waals surface area contributed by atoms with Gasteiger partial charge in [0.15, 0.2) is 0 Å². The molecule has 1 fully saturated rings. The van der Waals surface area contributed by atoms with Gasteiger partial charge < -0.3 is 9.80 Å². The smallest absolute Gasteiger partial charge is 0.282 e. The molecule has 2 amide bonds. The van der Waals surface area contributed by atoms with Crippen molar-refractivity contribution in [2.45, 2.75) is 25.8 Å². The van der Waals surface area contributed by atoms with Gasteiger partial charge in [0.1, 0.15) is 5.70 Å². The van der Waals surface area contributed by atoms with Crippen molar-refractivity contribution >= 4 is 46.3 Å². The molecule has 7 heteroatoms. The maximum Gasteiger partial charge on any atom is 0.282 e. The molecule has 0 radical (unpaired) electrons. The number of piperidine rings is 1. The SMILES string of the molecule is Cc1ccc(C2=C(N(C)C3CCN(C)CC3)C(=O)N(c3cc(Cl)cc(Cl)c3)C2=O)cc1. The van der Waals surface area contributed by atoms with Crippen LogP contribution in [0.15, 0.2) is 48.2 Å². The van der Waals surface area contributed by atoms with Gasteiger partial charge in [0, 0.05) is 23.1 Å². The Bertz CT molecular complexity index is 1040. The lowest BCUT2D eigenvalue weighted by molar-refractivity contribution is -0.120. The van der Waals surface area contributed by atoms with Gasteiger partial charge in [-0.3, -0.25) is 9.59 Å². The zero-order valence-corrected chi connectivity index (χ0v) is 19.4. The summed E-state index contributed by atoms with van der Waals surface area (Å²) in [7, 11) is 4.02. The average molecular weight is 458 g/mol. The maximum atomic E-state index is 13.6. The molecular weight excluding hydrogens is 433 g/mol. The fourth-order valence-corrected chi connectivity index (χ4v) is 4.81. The maximum absolute atomic E-state index is 13.6. The number of carbonyl (C=O) groups is 2. The van der Waals surface area contributed by atoms with E-state index in [0.29, 0.717) is 27.0 Å². The van der Waals surface area contributed by atoms with Gasteiger partial charge in [-0.1, -0.05) is 53.0 Å². The molecule has 2 aromatic carbocycles. The number of benzene rings is 2. The standard InChI is InChI=1S/C24H25Cl2N3O2/c1-15-4-6-16(7-5-15)21-22(28(3)19-8-10-27(2)11-9-19)24(31)29(23(21)30)20-13-17(25)12-18(26)14-20/h4-7,12-14,19H,8-11H2,1-3H3. The Morgan fingerprint density at radius 1 is 0.935 bits per heavy atom. The summed E-state index contributed by atoms with van der Waals surface area (Å²) in [5, 5.41) is 0.745. The van der Waals surface area contributed by atoms with E-state index in [0.717, 1.165) is 37.1 Å². The summed E-state index contributed by atoms with van der Waals surface area (Å²) in [6.45, 7) is 3.90. The Labute approximate surface area is 192 Å². The minimum atomic E-state index is -0.359. The molecule has 0 aliphatic carbocycles. The highest BCUT2D eigenvalue weighted by molar-refractivity contribution is 6.46. The Hall–Kier alpha value is -2.34. The molecule has 0 aromatic heterocycles. The van der Waals surface area contributed by atoms with E-state index in [-0.39, 0.29) is 17.9 Å². The van der Waals surface area contributed by atoms with Crippen LogP contribution in [0.25, 0.3) is 5.57 Å². The van der Waals surface area contributed by atoms with E-state index in [2.05, 4.69) is 11.9 Å². The topological polar surface area (TPSA) is 43.9 Å². The number of nitrogens with zero attached hydrogens (tertiary/aromatic N) is 3. The third kappa shape index (κ3) is 4.22. The Balaban J connectivity index is 1.80. The fraction of sp³-hybridized carbons (Fsp3) is 0.333. The molecule has 1 saturated heterocycles. The van der Waals surface area contributed by atoms with E-state index in [1.54, 1.807) is 18.2 Å². The molecule has 2 heterocycles.